The minimum absolute atomic E-state index is 0.316. The second-order valence-electron chi connectivity index (χ2n) is 5.85. The molecule has 1 aromatic rings. The molecule has 114 valence electrons. The molecule has 0 saturated heterocycles. The van der Waals surface area contributed by atoms with Crippen molar-refractivity contribution in [2.24, 2.45) is 5.92 Å². The number of aromatic nitrogens is 1. The molecule has 0 aromatic carbocycles. The third-order valence-corrected chi connectivity index (χ3v) is 3.48. The highest BCUT2D eigenvalue weighted by Crippen LogP contribution is 2.16. The number of rotatable bonds is 8. The number of ether oxygens (including phenoxy) is 1. The molecule has 0 aliphatic carbocycles. The number of nitrogens with zero attached hydrogens (tertiary/aromatic N) is 2. The van der Waals surface area contributed by atoms with Crippen molar-refractivity contribution in [1.29, 1.82) is 0 Å². The first-order valence-electron chi connectivity index (χ1n) is 7.34. The van der Waals surface area contributed by atoms with Gasteiger partial charge in [0.25, 0.3) is 0 Å². The smallest absolute Gasteiger partial charge is 0.128 e. The average molecular weight is 279 g/mol. The second-order valence-corrected chi connectivity index (χ2v) is 5.85. The van der Waals surface area contributed by atoms with Crippen LogP contribution in [0.5, 0.6) is 0 Å². The molecule has 1 rings (SSSR count). The van der Waals surface area contributed by atoms with Gasteiger partial charge in [-0.2, -0.15) is 0 Å². The lowest BCUT2D eigenvalue weighted by atomic mass is 10.1. The zero-order chi connectivity index (χ0) is 15.1. The summed E-state index contributed by atoms with van der Waals surface area (Å²) in [5, 5.41) is 3.46. The lowest BCUT2D eigenvalue weighted by Gasteiger charge is -2.26. The van der Waals surface area contributed by atoms with Crippen molar-refractivity contribution < 1.29 is 4.74 Å². The highest BCUT2D eigenvalue weighted by atomic mass is 16.5. The predicted octanol–water partition coefficient (Wildman–Crippen LogP) is 2.61. The molecule has 1 heterocycles. The van der Waals surface area contributed by atoms with E-state index in [-0.39, 0.29) is 0 Å². The summed E-state index contributed by atoms with van der Waals surface area (Å²) >= 11 is 0. The largest absolute Gasteiger partial charge is 0.383 e. The standard InChI is InChI=1S/C16H29N3O/c1-12(2)9-17-10-15-7-8-16(18-14(15)4)19(5)13(3)11-20-6/h7-8,12-13,17H,9-11H2,1-6H3. The fraction of sp³-hybridized carbons (Fsp3) is 0.688. The molecule has 1 N–H and O–H groups in total. The fourth-order valence-electron chi connectivity index (χ4n) is 2.03. The van der Waals surface area contributed by atoms with Crippen LogP contribution in [0.3, 0.4) is 0 Å². The van der Waals surface area contributed by atoms with Gasteiger partial charge in [0.1, 0.15) is 5.82 Å². The highest BCUT2D eigenvalue weighted by Gasteiger charge is 2.12. The van der Waals surface area contributed by atoms with Crippen LogP contribution in [-0.2, 0) is 11.3 Å². The maximum absolute atomic E-state index is 5.20. The first-order valence-corrected chi connectivity index (χ1v) is 7.34. The molecule has 0 bridgehead atoms. The Morgan fingerprint density at radius 2 is 2.00 bits per heavy atom. The molecular formula is C16H29N3O. The van der Waals surface area contributed by atoms with Crippen molar-refractivity contribution >= 4 is 5.82 Å². The van der Waals surface area contributed by atoms with E-state index >= 15 is 0 Å². The molecule has 20 heavy (non-hydrogen) atoms. The Morgan fingerprint density at radius 3 is 2.55 bits per heavy atom. The van der Waals surface area contributed by atoms with Crippen LogP contribution < -0.4 is 10.2 Å². The van der Waals surface area contributed by atoms with Crippen LogP contribution in [-0.4, -0.2) is 38.3 Å². The van der Waals surface area contributed by atoms with Crippen LogP contribution in [0, 0.1) is 12.8 Å². The van der Waals surface area contributed by atoms with E-state index in [2.05, 4.69) is 57.1 Å². The Kier molecular flexibility index (Phi) is 6.96. The first-order chi connectivity index (χ1) is 9.45. The summed E-state index contributed by atoms with van der Waals surface area (Å²) in [5.74, 6) is 1.67. The highest BCUT2D eigenvalue weighted by molar-refractivity contribution is 5.41. The zero-order valence-electron chi connectivity index (χ0n) is 13.7. The molecule has 0 aliphatic heterocycles. The van der Waals surface area contributed by atoms with Crippen LogP contribution >= 0.6 is 0 Å². The van der Waals surface area contributed by atoms with Crippen molar-refractivity contribution in [3.63, 3.8) is 0 Å². The molecule has 0 fully saturated rings. The summed E-state index contributed by atoms with van der Waals surface area (Å²) in [7, 11) is 3.79. The van der Waals surface area contributed by atoms with Gasteiger partial charge < -0.3 is 15.0 Å². The van der Waals surface area contributed by atoms with E-state index in [0.717, 1.165) is 24.6 Å². The molecule has 1 unspecified atom stereocenters. The van der Waals surface area contributed by atoms with Gasteiger partial charge in [-0.1, -0.05) is 19.9 Å². The number of aryl methyl sites for hydroxylation is 1. The van der Waals surface area contributed by atoms with E-state index in [0.29, 0.717) is 18.6 Å². The number of hydrogen-bond acceptors (Lipinski definition) is 4. The Balaban J connectivity index is 2.67. The molecule has 0 radical (unpaired) electrons. The van der Waals surface area contributed by atoms with E-state index in [1.165, 1.54) is 5.56 Å². The molecular weight excluding hydrogens is 250 g/mol. The minimum Gasteiger partial charge on any atom is -0.383 e. The molecule has 0 saturated carbocycles. The summed E-state index contributed by atoms with van der Waals surface area (Å²) in [5.41, 5.74) is 2.36. The molecule has 0 amide bonds. The average Bonchev–Trinajstić information content (AvgIpc) is 2.39. The molecule has 4 nitrogen and oxygen atoms in total. The maximum Gasteiger partial charge on any atom is 0.128 e. The molecule has 0 aliphatic rings. The van der Waals surface area contributed by atoms with Crippen molar-refractivity contribution in [3.05, 3.63) is 23.4 Å². The number of likely N-dealkylation sites (N-methyl/N-ethyl adjacent to an activating group) is 1. The normalized spacial score (nSPS) is 12.8. The van der Waals surface area contributed by atoms with Crippen molar-refractivity contribution in [3.8, 4) is 0 Å². The van der Waals surface area contributed by atoms with Gasteiger partial charge in [-0.3, -0.25) is 0 Å². The second kappa shape index (κ2) is 8.22. The van der Waals surface area contributed by atoms with E-state index in [1.807, 2.05) is 0 Å². The molecule has 1 atom stereocenters. The van der Waals surface area contributed by atoms with Gasteiger partial charge in [0.05, 0.1) is 12.6 Å². The number of nitrogens with one attached hydrogen (secondary N) is 1. The van der Waals surface area contributed by atoms with Crippen molar-refractivity contribution in [1.82, 2.24) is 10.3 Å². The van der Waals surface area contributed by atoms with E-state index < -0.39 is 0 Å². The van der Waals surface area contributed by atoms with Crippen LogP contribution in [0.25, 0.3) is 0 Å². The summed E-state index contributed by atoms with van der Waals surface area (Å²) < 4.78 is 5.20. The van der Waals surface area contributed by atoms with Gasteiger partial charge in [-0.25, -0.2) is 4.98 Å². The van der Waals surface area contributed by atoms with Gasteiger partial charge >= 0.3 is 0 Å². The van der Waals surface area contributed by atoms with Crippen LogP contribution in [0.15, 0.2) is 12.1 Å². The topological polar surface area (TPSA) is 37.4 Å². The Hall–Kier alpha value is -1.13. The fourth-order valence-corrected chi connectivity index (χ4v) is 2.03. The Bertz CT molecular complexity index is 407. The maximum atomic E-state index is 5.20. The number of pyridine rings is 1. The van der Waals surface area contributed by atoms with E-state index in [9.17, 15) is 0 Å². The van der Waals surface area contributed by atoms with Gasteiger partial charge in [0.2, 0.25) is 0 Å². The summed E-state index contributed by atoms with van der Waals surface area (Å²) in [6.45, 7) is 11.3. The van der Waals surface area contributed by atoms with Crippen molar-refractivity contribution in [2.45, 2.75) is 40.3 Å². The molecule has 1 aromatic heterocycles. The lowest BCUT2D eigenvalue weighted by molar-refractivity contribution is 0.183. The SMILES string of the molecule is COCC(C)N(C)c1ccc(CNCC(C)C)c(C)n1. The third kappa shape index (κ3) is 5.10. The minimum atomic E-state index is 0.316. The molecule has 4 heteroatoms. The summed E-state index contributed by atoms with van der Waals surface area (Å²) in [6, 6.07) is 4.57. The van der Waals surface area contributed by atoms with Crippen LogP contribution in [0.1, 0.15) is 32.0 Å². The lowest BCUT2D eigenvalue weighted by Crippen LogP contribution is -2.33. The molecule has 0 spiro atoms. The van der Waals surface area contributed by atoms with E-state index in [1.54, 1.807) is 7.11 Å². The quantitative estimate of drug-likeness (QED) is 0.794. The monoisotopic (exact) mass is 279 g/mol. The number of hydrogen-bond donors (Lipinski definition) is 1. The van der Waals surface area contributed by atoms with Gasteiger partial charge in [0, 0.05) is 26.4 Å². The van der Waals surface area contributed by atoms with Gasteiger partial charge in [-0.15, -0.1) is 0 Å². The first kappa shape index (κ1) is 16.9. The Morgan fingerprint density at radius 1 is 1.30 bits per heavy atom. The number of methoxy groups -OCH3 is 1. The Labute approximate surface area is 123 Å². The summed E-state index contributed by atoms with van der Waals surface area (Å²) in [4.78, 5) is 6.86. The van der Waals surface area contributed by atoms with Crippen molar-refractivity contribution in [2.75, 3.05) is 32.2 Å². The van der Waals surface area contributed by atoms with Crippen LogP contribution in [0.4, 0.5) is 5.82 Å². The van der Waals surface area contributed by atoms with Gasteiger partial charge in [0.15, 0.2) is 0 Å². The zero-order valence-corrected chi connectivity index (χ0v) is 13.7. The van der Waals surface area contributed by atoms with E-state index in [4.69, 9.17) is 9.72 Å². The third-order valence-electron chi connectivity index (χ3n) is 3.48. The number of anilines is 1. The summed E-state index contributed by atoms with van der Waals surface area (Å²) in [6.07, 6.45) is 0. The van der Waals surface area contributed by atoms with Gasteiger partial charge in [-0.05, 0) is 37.9 Å². The predicted molar refractivity (Wildman–Crippen MR) is 85.3 cm³/mol. The van der Waals surface area contributed by atoms with Crippen LogP contribution in [0.2, 0.25) is 0 Å².